The Kier molecular flexibility index (Phi) is 6.81. The molecule has 0 spiro atoms. The van der Waals surface area contributed by atoms with Crippen molar-refractivity contribution in [3.8, 4) is 5.75 Å². The predicted octanol–water partition coefficient (Wildman–Crippen LogP) is 4.69. The van der Waals surface area contributed by atoms with Gasteiger partial charge in [-0.3, -0.25) is 4.79 Å². The minimum absolute atomic E-state index is 0.205. The molecule has 0 saturated carbocycles. The molecule has 1 aliphatic rings. The molecule has 1 N–H and O–H groups in total. The molecule has 0 unspecified atom stereocenters. The fourth-order valence-corrected chi connectivity index (χ4v) is 4.07. The SMILES string of the molecule is O=C(NCc1ccc(N2CCCCC2)nc1)c1csc(COc2ccc(Cl)cc2)n1. The highest BCUT2D eigenvalue weighted by atomic mass is 35.5. The normalized spacial score (nSPS) is 13.8. The van der Waals surface area contributed by atoms with Crippen molar-refractivity contribution in [1.29, 1.82) is 0 Å². The number of hydrogen-bond acceptors (Lipinski definition) is 6. The zero-order chi connectivity index (χ0) is 20.8. The molecule has 1 saturated heterocycles. The minimum atomic E-state index is -0.205. The molecule has 8 heteroatoms. The first-order valence-electron chi connectivity index (χ1n) is 9.98. The lowest BCUT2D eigenvalue weighted by Crippen LogP contribution is -2.30. The first-order chi connectivity index (χ1) is 14.7. The van der Waals surface area contributed by atoms with Crippen LogP contribution in [0.4, 0.5) is 5.82 Å². The number of benzene rings is 1. The van der Waals surface area contributed by atoms with Gasteiger partial charge in [0.2, 0.25) is 0 Å². The standard InChI is InChI=1S/C22H23ClN4O2S/c23-17-5-7-18(8-6-17)29-14-21-26-19(15-30-21)22(28)25-13-16-4-9-20(24-12-16)27-10-2-1-3-11-27/h4-9,12,15H,1-3,10-11,13-14H2,(H,25,28). The van der Waals surface area contributed by atoms with E-state index in [4.69, 9.17) is 16.3 Å². The lowest BCUT2D eigenvalue weighted by atomic mass is 10.1. The van der Waals surface area contributed by atoms with Crippen LogP contribution in [-0.4, -0.2) is 29.0 Å². The summed E-state index contributed by atoms with van der Waals surface area (Å²) >= 11 is 7.27. The van der Waals surface area contributed by atoms with Crippen molar-refractivity contribution in [2.45, 2.75) is 32.4 Å². The summed E-state index contributed by atoms with van der Waals surface area (Å²) in [6.07, 6.45) is 5.57. The second-order valence-electron chi connectivity index (χ2n) is 7.12. The Balaban J connectivity index is 1.26. The summed E-state index contributed by atoms with van der Waals surface area (Å²) in [5.74, 6) is 1.51. The number of hydrogen-bond donors (Lipinski definition) is 1. The summed E-state index contributed by atoms with van der Waals surface area (Å²) < 4.78 is 5.68. The molecule has 0 bridgehead atoms. The monoisotopic (exact) mass is 442 g/mol. The number of halogens is 1. The van der Waals surface area contributed by atoms with Crippen molar-refractivity contribution < 1.29 is 9.53 Å². The molecule has 1 aliphatic heterocycles. The van der Waals surface area contributed by atoms with Crippen LogP contribution in [0.15, 0.2) is 48.0 Å². The van der Waals surface area contributed by atoms with Crippen LogP contribution in [0, 0.1) is 0 Å². The van der Waals surface area contributed by atoms with Crippen molar-refractivity contribution >= 4 is 34.7 Å². The van der Waals surface area contributed by atoms with Crippen molar-refractivity contribution in [3.05, 3.63) is 69.3 Å². The number of amides is 1. The van der Waals surface area contributed by atoms with E-state index in [0.717, 1.165) is 29.5 Å². The average molecular weight is 443 g/mol. The molecular formula is C22H23ClN4O2S. The summed E-state index contributed by atoms with van der Waals surface area (Å²) in [6.45, 7) is 2.86. The van der Waals surface area contributed by atoms with E-state index in [9.17, 15) is 4.79 Å². The number of nitrogens with zero attached hydrogens (tertiary/aromatic N) is 3. The van der Waals surface area contributed by atoms with Crippen LogP contribution >= 0.6 is 22.9 Å². The number of anilines is 1. The molecule has 2 aromatic heterocycles. The van der Waals surface area contributed by atoms with Gasteiger partial charge in [-0.05, 0) is 55.2 Å². The third-order valence-electron chi connectivity index (χ3n) is 4.90. The van der Waals surface area contributed by atoms with Crippen LogP contribution in [0.5, 0.6) is 5.75 Å². The van der Waals surface area contributed by atoms with Gasteiger partial charge >= 0.3 is 0 Å². The van der Waals surface area contributed by atoms with Gasteiger partial charge < -0.3 is 15.0 Å². The summed E-state index contributed by atoms with van der Waals surface area (Å²) in [5, 5.41) is 6.05. The summed E-state index contributed by atoms with van der Waals surface area (Å²) in [7, 11) is 0. The van der Waals surface area contributed by atoms with Gasteiger partial charge in [-0.2, -0.15) is 0 Å². The lowest BCUT2D eigenvalue weighted by molar-refractivity contribution is 0.0946. The number of thiazole rings is 1. The maximum atomic E-state index is 12.4. The quantitative estimate of drug-likeness (QED) is 0.574. The van der Waals surface area contributed by atoms with Crippen LogP contribution in [0.1, 0.15) is 40.3 Å². The molecule has 1 fully saturated rings. The molecule has 1 aromatic carbocycles. The topological polar surface area (TPSA) is 67.4 Å². The summed E-state index contributed by atoms with van der Waals surface area (Å²) in [4.78, 5) is 23.6. The molecule has 3 aromatic rings. The minimum Gasteiger partial charge on any atom is -0.486 e. The second-order valence-corrected chi connectivity index (χ2v) is 8.50. The smallest absolute Gasteiger partial charge is 0.271 e. The van der Waals surface area contributed by atoms with E-state index in [1.807, 2.05) is 18.3 Å². The molecule has 0 aliphatic carbocycles. The van der Waals surface area contributed by atoms with E-state index in [0.29, 0.717) is 29.6 Å². The number of carbonyl (C=O) groups is 1. The maximum Gasteiger partial charge on any atom is 0.271 e. The van der Waals surface area contributed by atoms with E-state index >= 15 is 0 Å². The Labute approximate surface area is 184 Å². The summed E-state index contributed by atoms with van der Waals surface area (Å²) in [6, 6.07) is 11.2. The number of piperidine rings is 1. The van der Waals surface area contributed by atoms with Crippen LogP contribution < -0.4 is 15.0 Å². The first-order valence-corrected chi connectivity index (χ1v) is 11.2. The highest BCUT2D eigenvalue weighted by molar-refractivity contribution is 7.09. The molecule has 156 valence electrons. The zero-order valence-electron chi connectivity index (χ0n) is 16.5. The van der Waals surface area contributed by atoms with Gasteiger partial charge in [0.1, 0.15) is 28.9 Å². The Morgan fingerprint density at radius 2 is 1.93 bits per heavy atom. The molecule has 0 atom stereocenters. The van der Waals surface area contributed by atoms with Crippen LogP contribution in [0.3, 0.4) is 0 Å². The fourth-order valence-electron chi connectivity index (χ4n) is 3.26. The Morgan fingerprint density at radius 3 is 2.67 bits per heavy atom. The largest absolute Gasteiger partial charge is 0.486 e. The predicted molar refractivity (Wildman–Crippen MR) is 119 cm³/mol. The Bertz CT molecular complexity index is 970. The number of rotatable bonds is 7. The molecule has 1 amide bonds. The number of pyridine rings is 1. The highest BCUT2D eigenvalue weighted by Gasteiger charge is 2.13. The molecule has 0 radical (unpaired) electrons. The van der Waals surface area contributed by atoms with E-state index in [1.165, 1.54) is 30.6 Å². The Hall–Kier alpha value is -2.64. The molecular weight excluding hydrogens is 420 g/mol. The van der Waals surface area contributed by atoms with E-state index in [1.54, 1.807) is 29.6 Å². The van der Waals surface area contributed by atoms with Gasteiger partial charge in [0.15, 0.2) is 0 Å². The van der Waals surface area contributed by atoms with Crippen molar-refractivity contribution in [2.24, 2.45) is 0 Å². The van der Waals surface area contributed by atoms with Gasteiger partial charge in [0.25, 0.3) is 5.91 Å². The summed E-state index contributed by atoms with van der Waals surface area (Å²) in [5.41, 5.74) is 1.36. The average Bonchev–Trinajstić information content (AvgIpc) is 3.27. The molecule has 4 rings (SSSR count). The lowest BCUT2D eigenvalue weighted by Gasteiger charge is -2.27. The van der Waals surface area contributed by atoms with Gasteiger partial charge in [-0.25, -0.2) is 9.97 Å². The van der Waals surface area contributed by atoms with Crippen LogP contribution in [0.25, 0.3) is 0 Å². The first kappa shape index (κ1) is 20.6. The van der Waals surface area contributed by atoms with Crippen molar-refractivity contribution in [3.63, 3.8) is 0 Å². The number of carbonyl (C=O) groups excluding carboxylic acids is 1. The number of ether oxygens (including phenoxy) is 1. The van der Waals surface area contributed by atoms with E-state index in [2.05, 4.69) is 20.2 Å². The molecule has 3 heterocycles. The van der Waals surface area contributed by atoms with Crippen molar-refractivity contribution in [2.75, 3.05) is 18.0 Å². The van der Waals surface area contributed by atoms with Gasteiger partial charge in [0, 0.05) is 36.2 Å². The second kappa shape index (κ2) is 9.91. The zero-order valence-corrected chi connectivity index (χ0v) is 18.1. The van der Waals surface area contributed by atoms with Crippen LogP contribution in [0.2, 0.25) is 5.02 Å². The third kappa shape index (κ3) is 5.49. The van der Waals surface area contributed by atoms with E-state index in [-0.39, 0.29) is 5.91 Å². The molecule has 6 nitrogen and oxygen atoms in total. The highest BCUT2D eigenvalue weighted by Crippen LogP contribution is 2.19. The third-order valence-corrected chi connectivity index (χ3v) is 5.98. The van der Waals surface area contributed by atoms with Crippen LogP contribution in [-0.2, 0) is 13.2 Å². The van der Waals surface area contributed by atoms with Gasteiger partial charge in [0.05, 0.1) is 0 Å². The number of nitrogens with one attached hydrogen (secondary N) is 1. The van der Waals surface area contributed by atoms with Gasteiger partial charge in [-0.1, -0.05) is 17.7 Å². The molecule has 30 heavy (non-hydrogen) atoms. The van der Waals surface area contributed by atoms with Crippen molar-refractivity contribution in [1.82, 2.24) is 15.3 Å². The maximum absolute atomic E-state index is 12.4. The van der Waals surface area contributed by atoms with E-state index < -0.39 is 0 Å². The fraction of sp³-hybridized carbons (Fsp3) is 0.318. The van der Waals surface area contributed by atoms with Gasteiger partial charge in [-0.15, -0.1) is 11.3 Å². The number of aromatic nitrogens is 2. The Morgan fingerprint density at radius 1 is 1.13 bits per heavy atom.